The number of benzene rings is 3. The third kappa shape index (κ3) is 6.57. The molecule has 3 aliphatic rings. The molecule has 264 valence electrons. The van der Waals surface area contributed by atoms with E-state index in [9.17, 15) is 14.4 Å². The predicted octanol–water partition coefficient (Wildman–Crippen LogP) is 5.74. The second-order valence-corrected chi connectivity index (χ2v) is 14.0. The lowest BCUT2D eigenvalue weighted by Gasteiger charge is -2.36. The second-order valence-electron chi connectivity index (χ2n) is 14.0. The highest BCUT2D eigenvalue weighted by atomic mass is 16.5. The van der Waals surface area contributed by atoms with Crippen LogP contribution in [0.4, 0.5) is 5.69 Å². The maximum atomic E-state index is 13.0. The van der Waals surface area contributed by atoms with E-state index in [1.165, 1.54) is 0 Å². The third-order valence-corrected chi connectivity index (χ3v) is 10.0. The SMILES string of the molecule is Cc1nc(-c2ncc(Oc3ccc(C(C)(C)c4ccc(O[C@H]5C[C@H](Nc6ccc7c(c6)CN(C6CCC(=O)NC6=O)C7=O)C5)cc4)cc3)cn2)no1. The highest BCUT2D eigenvalue weighted by Gasteiger charge is 2.39. The number of fused-ring (bicyclic) bond motifs is 1. The summed E-state index contributed by atoms with van der Waals surface area (Å²) in [6.07, 6.45) is 5.56. The molecule has 52 heavy (non-hydrogen) atoms. The molecule has 2 aromatic heterocycles. The predicted molar refractivity (Wildman–Crippen MR) is 189 cm³/mol. The number of aromatic nitrogens is 4. The Morgan fingerprint density at radius 3 is 2.23 bits per heavy atom. The van der Waals surface area contributed by atoms with Crippen LogP contribution in [0.5, 0.6) is 17.2 Å². The molecular formula is C39H37N7O6. The number of hydrogen-bond acceptors (Lipinski definition) is 11. The van der Waals surface area contributed by atoms with E-state index in [1.54, 1.807) is 24.2 Å². The summed E-state index contributed by atoms with van der Waals surface area (Å²) < 4.78 is 17.2. The van der Waals surface area contributed by atoms with Gasteiger partial charge in [-0.3, -0.25) is 19.7 Å². The van der Waals surface area contributed by atoms with E-state index in [0.717, 1.165) is 41.0 Å². The smallest absolute Gasteiger partial charge is 0.255 e. The van der Waals surface area contributed by atoms with Crippen molar-refractivity contribution in [2.75, 3.05) is 5.32 Å². The molecule has 8 rings (SSSR count). The number of carbonyl (C=O) groups is 3. The van der Waals surface area contributed by atoms with Crippen molar-refractivity contribution < 1.29 is 28.4 Å². The summed E-state index contributed by atoms with van der Waals surface area (Å²) in [6, 6.07) is 21.6. The number of imide groups is 1. The van der Waals surface area contributed by atoms with E-state index in [0.29, 0.717) is 47.6 Å². The first-order valence-electron chi connectivity index (χ1n) is 17.3. The summed E-state index contributed by atoms with van der Waals surface area (Å²) in [5, 5.41) is 9.75. The topological polar surface area (TPSA) is 162 Å². The van der Waals surface area contributed by atoms with Crippen molar-refractivity contribution in [1.29, 1.82) is 0 Å². The number of piperidine rings is 1. The van der Waals surface area contributed by atoms with Gasteiger partial charge in [0, 0.05) is 55.4 Å². The average molecular weight is 700 g/mol. The Balaban J connectivity index is 0.819. The summed E-state index contributed by atoms with van der Waals surface area (Å²) in [5.74, 6) is 2.28. The largest absolute Gasteiger partial charge is 0.490 e. The summed E-state index contributed by atoms with van der Waals surface area (Å²) in [5.41, 5.74) is 4.47. The minimum absolute atomic E-state index is 0.104. The van der Waals surface area contributed by atoms with Gasteiger partial charge in [-0.25, -0.2) is 9.97 Å². The average Bonchev–Trinajstić information content (AvgIpc) is 3.70. The van der Waals surface area contributed by atoms with Crippen molar-refractivity contribution in [2.24, 2.45) is 0 Å². The van der Waals surface area contributed by atoms with E-state index in [2.05, 4.69) is 68.9 Å². The standard InChI is InChI=1S/C39H37N7O6/c1-22-42-36(45-52-22)35-40-19-31(20-41-35)51-29-11-6-25(7-12-29)39(2,3)24-4-9-28(10-5-24)50-30-17-27(18-30)43-26-8-13-32-23(16-26)21-46(38(32)49)33-14-15-34(47)44-37(33)48/h4-13,16,19-20,27,30,33,43H,14-15,17-18,21H2,1-3H3,(H,44,47,48)/t27-,30-,33?. The fraction of sp³-hybridized carbons (Fsp3) is 0.308. The molecule has 2 aliphatic heterocycles. The van der Waals surface area contributed by atoms with Gasteiger partial charge in [-0.2, -0.15) is 4.98 Å². The van der Waals surface area contributed by atoms with E-state index < -0.39 is 11.9 Å². The molecule has 3 aromatic carbocycles. The number of aryl methyl sites for hydroxylation is 1. The third-order valence-electron chi connectivity index (χ3n) is 10.0. The molecule has 1 saturated carbocycles. The molecule has 5 aromatic rings. The van der Waals surface area contributed by atoms with Crippen LogP contribution < -0.4 is 20.1 Å². The lowest BCUT2D eigenvalue weighted by Crippen LogP contribution is -2.52. The molecule has 1 aliphatic carbocycles. The number of hydrogen-bond donors (Lipinski definition) is 2. The van der Waals surface area contributed by atoms with Gasteiger partial charge in [0.05, 0.1) is 12.4 Å². The van der Waals surface area contributed by atoms with Crippen LogP contribution in [0, 0.1) is 6.92 Å². The molecule has 3 amide bonds. The number of rotatable bonds is 10. The van der Waals surface area contributed by atoms with Gasteiger partial charge < -0.3 is 24.2 Å². The minimum atomic E-state index is -0.618. The van der Waals surface area contributed by atoms with Gasteiger partial charge >= 0.3 is 0 Å². The maximum Gasteiger partial charge on any atom is 0.255 e. The van der Waals surface area contributed by atoms with Gasteiger partial charge in [0.2, 0.25) is 29.4 Å². The molecule has 1 saturated heterocycles. The number of nitrogens with one attached hydrogen (secondary N) is 2. The first-order chi connectivity index (χ1) is 25.1. The summed E-state index contributed by atoms with van der Waals surface area (Å²) in [6.45, 7) is 6.44. The zero-order chi connectivity index (χ0) is 36.0. The van der Waals surface area contributed by atoms with Gasteiger partial charge in [0.25, 0.3) is 5.91 Å². The van der Waals surface area contributed by atoms with Crippen LogP contribution in [0.1, 0.15) is 72.5 Å². The molecular weight excluding hydrogens is 662 g/mol. The van der Waals surface area contributed by atoms with Crippen LogP contribution in [-0.2, 0) is 21.5 Å². The fourth-order valence-corrected chi connectivity index (χ4v) is 6.94. The Hall–Kier alpha value is -6.11. The molecule has 1 unspecified atom stereocenters. The van der Waals surface area contributed by atoms with E-state index in [4.69, 9.17) is 14.0 Å². The van der Waals surface area contributed by atoms with Crippen molar-refractivity contribution in [2.45, 2.75) is 76.6 Å². The van der Waals surface area contributed by atoms with Crippen LogP contribution in [-0.4, -0.2) is 60.9 Å². The molecule has 4 heterocycles. The normalized spacial score (nSPS) is 19.9. The quantitative estimate of drug-likeness (QED) is 0.171. The van der Waals surface area contributed by atoms with Crippen molar-refractivity contribution in [3.63, 3.8) is 0 Å². The molecule has 0 bridgehead atoms. The molecule has 13 heteroatoms. The number of carbonyl (C=O) groups excluding carboxylic acids is 3. The van der Waals surface area contributed by atoms with Gasteiger partial charge in [0.15, 0.2) is 5.75 Å². The van der Waals surface area contributed by atoms with Crippen LogP contribution in [0.3, 0.4) is 0 Å². The summed E-state index contributed by atoms with van der Waals surface area (Å²) in [7, 11) is 0. The first-order valence-corrected chi connectivity index (χ1v) is 17.3. The Morgan fingerprint density at radius 2 is 1.58 bits per heavy atom. The molecule has 2 fully saturated rings. The van der Waals surface area contributed by atoms with Crippen molar-refractivity contribution >= 4 is 23.4 Å². The van der Waals surface area contributed by atoms with Crippen LogP contribution in [0.2, 0.25) is 0 Å². The van der Waals surface area contributed by atoms with Crippen LogP contribution in [0.25, 0.3) is 11.6 Å². The van der Waals surface area contributed by atoms with Gasteiger partial charge in [-0.1, -0.05) is 43.3 Å². The van der Waals surface area contributed by atoms with Crippen molar-refractivity contribution in [3.8, 4) is 28.9 Å². The monoisotopic (exact) mass is 699 g/mol. The molecule has 1 atom stereocenters. The van der Waals surface area contributed by atoms with Crippen molar-refractivity contribution in [3.05, 3.63) is 107 Å². The van der Waals surface area contributed by atoms with E-state index >= 15 is 0 Å². The highest BCUT2D eigenvalue weighted by molar-refractivity contribution is 6.05. The maximum absolute atomic E-state index is 13.0. The molecule has 2 N–H and O–H groups in total. The Labute approximate surface area is 299 Å². The van der Waals surface area contributed by atoms with Crippen LogP contribution in [0.15, 0.2) is 83.6 Å². The number of amides is 3. The zero-order valence-corrected chi connectivity index (χ0v) is 29.0. The molecule has 0 spiro atoms. The van der Waals surface area contributed by atoms with E-state index in [1.807, 2.05) is 42.5 Å². The van der Waals surface area contributed by atoms with E-state index in [-0.39, 0.29) is 35.8 Å². The second kappa shape index (κ2) is 13.2. The number of anilines is 1. The van der Waals surface area contributed by atoms with Crippen LogP contribution >= 0.6 is 0 Å². The first kappa shape index (κ1) is 33.1. The van der Waals surface area contributed by atoms with Gasteiger partial charge in [-0.15, -0.1) is 0 Å². The number of nitrogens with zero attached hydrogens (tertiary/aromatic N) is 5. The fourth-order valence-electron chi connectivity index (χ4n) is 6.94. The Morgan fingerprint density at radius 1 is 0.885 bits per heavy atom. The number of ether oxygens (including phenoxy) is 2. The van der Waals surface area contributed by atoms with Gasteiger partial charge in [0.1, 0.15) is 23.6 Å². The highest BCUT2D eigenvalue weighted by Crippen LogP contribution is 2.36. The lowest BCUT2D eigenvalue weighted by molar-refractivity contribution is -0.136. The minimum Gasteiger partial charge on any atom is -0.490 e. The Kier molecular flexibility index (Phi) is 8.40. The Bertz CT molecular complexity index is 2140. The summed E-state index contributed by atoms with van der Waals surface area (Å²) >= 11 is 0. The summed E-state index contributed by atoms with van der Waals surface area (Å²) in [4.78, 5) is 51.2. The van der Waals surface area contributed by atoms with Crippen molar-refractivity contribution in [1.82, 2.24) is 30.3 Å². The van der Waals surface area contributed by atoms with Gasteiger partial charge in [-0.05, 0) is 65.6 Å². The molecule has 13 nitrogen and oxygen atoms in total. The molecule has 0 radical (unpaired) electrons. The zero-order valence-electron chi connectivity index (χ0n) is 29.0. The lowest BCUT2D eigenvalue weighted by atomic mass is 9.78.